The number of aryl methyl sites for hydroxylation is 2. The zero-order valence-electron chi connectivity index (χ0n) is 33.2. The van der Waals surface area contributed by atoms with E-state index in [0.717, 1.165) is 67.9 Å². The lowest BCUT2D eigenvalue weighted by atomic mass is 9.88. The molecule has 13 aromatic rings. The van der Waals surface area contributed by atoms with E-state index in [0.29, 0.717) is 11.0 Å². The van der Waals surface area contributed by atoms with Gasteiger partial charge in [0.25, 0.3) is 0 Å². The number of hydrogen-bond acceptors (Lipinski definition) is 3. The summed E-state index contributed by atoms with van der Waals surface area (Å²) in [7, 11) is 0. The molecule has 4 aromatic heterocycles. The smallest absolute Gasteiger partial charge is 0.176 e. The van der Waals surface area contributed by atoms with Crippen molar-refractivity contribution in [1.29, 1.82) is 0 Å². The Morgan fingerprint density at radius 3 is 2.08 bits per heavy atom. The molecular weight excluding hydrogens is 796 g/mol. The Kier molecular flexibility index (Phi) is 7.13. The summed E-state index contributed by atoms with van der Waals surface area (Å²) in [5.41, 5.74) is 13.8. The molecule has 0 fully saturated rings. The molecule has 4 heterocycles. The van der Waals surface area contributed by atoms with Crippen LogP contribution in [0, 0.1) is 0 Å². The first kappa shape index (κ1) is 34.4. The standard InChI is InChI=1S/C56H33ClN4S/c57-55-56(59-51-37-16-6-4-12-32(37)24-28-45(51)58-55)61-47-29-25-34(35-23-26-40-39-18-10-11-21-46(39)60(48(40)31-35)36-14-2-1-3-15-36)30-44(47)49-41-19-8-9-20-42(41)50-43-27-22-33-13-5-7-17-38(33)53(43)62-54(50)52(49)61/h1-21,23-26,28-31H,22,27H2. The van der Waals surface area contributed by atoms with Crippen molar-refractivity contribution < 1.29 is 0 Å². The predicted molar refractivity (Wildman–Crippen MR) is 262 cm³/mol. The predicted octanol–water partition coefficient (Wildman–Crippen LogP) is 15.4. The number of para-hydroxylation sites is 2. The highest BCUT2D eigenvalue weighted by molar-refractivity contribution is 7.23. The fraction of sp³-hybridized carbons (Fsp3) is 0.0357. The molecule has 0 bridgehead atoms. The highest BCUT2D eigenvalue weighted by Crippen LogP contribution is 2.52. The van der Waals surface area contributed by atoms with E-state index in [-0.39, 0.29) is 0 Å². The lowest BCUT2D eigenvalue weighted by molar-refractivity contribution is 0.958. The van der Waals surface area contributed by atoms with Crippen molar-refractivity contribution in [2.24, 2.45) is 0 Å². The molecule has 0 aliphatic heterocycles. The van der Waals surface area contributed by atoms with Gasteiger partial charge < -0.3 is 4.57 Å². The maximum Gasteiger partial charge on any atom is 0.176 e. The van der Waals surface area contributed by atoms with Gasteiger partial charge in [0.2, 0.25) is 0 Å². The normalized spacial score (nSPS) is 12.8. The maximum absolute atomic E-state index is 7.37. The van der Waals surface area contributed by atoms with Crippen LogP contribution in [0.25, 0.3) is 119 Å². The molecule has 0 N–H and O–H groups in total. The van der Waals surface area contributed by atoms with Gasteiger partial charge in [0, 0.05) is 42.9 Å². The van der Waals surface area contributed by atoms with E-state index in [1.165, 1.54) is 69.6 Å². The summed E-state index contributed by atoms with van der Waals surface area (Å²) in [4.78, 5) is 11.9. The molecule has 6 heteroatoms. The second-order valence-corrected chi connectivity index (χ2v) is 17.9. The second kappa shape index (κ2) is 12.9. The van der Waals surface area contributed by atoms with Crippen LogP contribution in [0.3, 0.4) is 0 Å². The number of fused-ring (bicyclic) bond motifs is 18. The van der Waals surface area contributed by atoms with Gasteiger partial charge in [0.15, 0.2) is 11.0 Å². The molecule has 4 nitrogen and oxygen atoms in total. The van der Waals surface area contributed by atoms with E-state index in [9.17, 15) is 0 Å². The Morgan fingerprint density at radius 2 is 1.19 bits per heavy atom. The van der Waals surface area contributed by atoms with Crippen LogP contribution in [0.5, 0.6) is 0 Å². The zero-order valence-corrected chi connectivity index (χ0v) is 34.8. The average molecular weight is 829 g/mol. The van der Waals surface area contributed by atoms with Crippen LogP contribution >= 0.6 is 22.9 Å². The summed E-state index contributed by atoms with van der Waals surface area (Å²) in [6.45, 7) is 0. The van der Waals surface area contributed by atoms with Gasteiger partial charge in [0.05, 0.1) is 37.8 Å². The molecule has 9 aromatic carbocycles. The fourth-order valence-corrected chi connectivity index (χ4v) is 12.3. The fourth-order valence-electron chi connectivity index (χ4n) is 10.6. The van der Waals surface area contributed by atoms with E-state index in [4.69, 9.17) is 21.6 Å². The first-order chi connectivity index (χ1) is 30.7. The largest absolute Gasteiger partial charge is 0.309 e. The SMILES string of the molecule is Clc1nc2ccc3ccccc3c2nc1-n1c2ccc(-c3ccc4c5ccccc5n(-c5ccccc5)c4c3)cc2c2c3ccccc3c3c4c(sc3c21)-c1ccccc1CC4. The van der Waals surface area contributed by atoms with Crippen molar-refractivity contribution in [3.8, 4) is 33.1 Å². The molecule has 0 spiro atoms. The highest BCUT2D eigenvalue weighted by atomic mass is 35.5. The van der Waals surface area contributed by atoms with Crippen molar-refractivity contribution in [3.63, 3.8) is 0 Å². The molecule has 0 radical (unpaired) electrons. The summed E-state index contributed by atoms with van der Waals surface area (Å²) in [5.74, 6) is 0.639. The summed E-state index contributed by atoms with van der Waals surface area (Å²) < 4.78 is 5.97. The van der Waals surface area contributed by atoms with Gasteiger partial charge in [-0.3, -0.25) is 4.57 Å². The number of rotatable bonds is 3. The first-order valence-electron chi connectivity index (χ1n) is 21.1. The van der Waals surface area contributed by atoms with Crippen molar-refractivity contribution in [3.05, 3.63) is 192 Å². The van der Waals surface area contributed by atoms with E-state index in [2.05, 4.69) is 179 Å². The van der Waals surface area contributed by atoms with Crippen LogP contribution in [0.4, 0.5) is 0 Å². The monoisotopic (exact) mass is 828 g/mol. The molecule has 0 saturated heterocycles. The Balaban J connectivity index is 1.12. The number of aromatic nitrogens is 4. The van der Waals surface area contributed by atoms with Crippen molar-refractivity contribution in [2.75, 3.05) is 0 Å². The van der Waals surface area contributed by atoms with Gasteiger partial charge in [-0.05, 0) is 99.3 Å². The van der Waals surface area contributed by atoms with Gasteiger partial charge in [-0.25, -0.2) is 9.97 Å². The van der Waals surface area contributed by atoms with Crippen LogP contribution in [0.1, 0.15) is 11.1 Å². The highest BCUT2D eigenvalue weighted by Gasteiger charge is 2.28. The first-order valence-corrected chi connectivity index (χ1v) is 22.3. The molecular formula is C56H33ClN4S. The average Bonchev–Trinajstić information content (AvgIpc) is 4.00. The Bertz CT molecular complexity index is 4060. The zero-order chi connectivity index (χ0) is 40.6. The molecule has 62 heavy (non-hydrogen) atoms. The number of nitrogens with zero attached hydrogens (tertiary/aromatic N) is 4. The molecule has 0 amide bonds. The van der Waals surface area contributed by atoms with Crippen molar-refractivity contribution in [1.82, 2.24) is 19.1 Å². The third kappa shape index (κ3) is 4.72. The number of hydrogen-bond donors (Lipinski definition) is 0. The van der Waals surface area contributed by atoms with Crippen LogP contribution < -0.4 is 0 Å². The number of benzene rings is 9. The van der Waals surface area contributed by atoms with E-state index in [1.54, 1.807) is 0 Å². The molecule has 14 rings (SSSR count). The minimum Gasteiger partial charge on any atom is -0.309 e. The molecule has 1 aliphatic rings. The lowest BCUT2D eigenvalue weighted by Crippen LogP contribution is -2.02. The molecule has 290 valence electrons. The summed E-state index contributed by atoms with van der Waals surface area (Å²) in [6, 6.07) is 63.7. The van der Waals surface area contributed by atoms with Gasteiger partial charge in [-0.1, -0.05) is 145 Å². The van der Waals surface area contributed by atoms with Crippen LogP contribution in [0.2, 0.25) is 5.15 Å². The quantitative estimate of drug-likeness (QED) is 0.166. The Labute approximate surface area is 364 Å². The maximum atomic E-state index is 7.37. The molecule has 0 unspecified atom stereocenters. The number of thiophene rings is 1. The minimum atomic E-state index is 0.378. The second-order valence-electron chi connectivity index (χ2n) is 16.5. The minimum absolute atomic E-state index is 0.378. The van der Waals surface area contributed by atoms with Crippen LogP contribution in [-0.4, -0.2) is 19.1 Å². The Hall–Kier alpha value is -7.31. The van der Waals surface area contributed by atoms with E-state index in [1.807, 2.05) is 17.4 Å². The van der Waals surface area contributed by atoms with Gasteiger partial charge in [0.1, 0.15) is 0 Å². The number of halogens is 1. The molecule has 0 saturated carbocycles. The molecule has 0 atom stereocenters. The van der Waals surface area contributed by atoms with Crippen molar-refractivity contribution >= 4 is 109 Å². The summed E-state index contributed by atoms with van der Waals surface area (Å²) in [6.07, 6.45) is 2.02. The van der Waals surface area contributed by atoms with E-state index < -0.39 is 0 Å². The topological polar surface area (TPSA) is 35.6 Å². The lowest BCUT2D eigenvalue weighted by Gasteiger charge is -2.16. The summed E-state index contributed by atoms with van der Waals surface area (Å²) >= 11 is 9.28. The van der Waals surface area contributed by atoms with Crippen molar-refractivity contribution in [2.45, 2.75) is 12.8 Å². The van der Waals surface area contributed by atoms with Gasteiger partial charge in [-0.2, -0.15) is 0 Å². The van der Waals surface area contributed by atoms with E-state index >= 15 is 0 Å². The van der Waals surface area contributed by atoms with Crippen LogP contribution in [0.15, 0.2) is 176 Å². The Morgan fingerprint density at radius 1 is 0.500 bits per heavy atom. The third-order valence-corrected chi connectivity index (χ3v) is 14.8. The van der Waals surface area contributed by atoms with Crippen LogP contribution in [-0.2, 0) is 12.8 Å². The van der Waals surface area contributed by atoms with Gasteiger partial charge >= 0.3 is 0 Å². The molecule has 1 aliphatic carbocycles. The van der Waals surface area contributed by atoms with Gasteiger partial charge in [-0.15, -0.1) is 11.3 Å². The third-order valence-electron chi connectivity index (χ3n) is 13.3. The summed E-state index contributed by atoms with van der Waals surface area (Å²) in [5, 5.41) is 11.2.